The van der Waals surface area contributed by atoms with Gasteiger partial charge in [-0.15, -0.1) is 11.6 Å². The first-order valence-corrected chi connectivity index (χ1v) is 7.36. The van der Waals surface area contributed by atoms with Crippen LogP contribution in [0.2, 0.25) is 5.02 Å². The lowest BCUT2D eigenvalue weighted by molar-refractivity contribution is 0.199. The molecule has 18 heavy (non-hydrogen) atoms. The highest BCUT2D eigenvalue weighted by Gasteiger charge is 2.23. The van der Waals surface area contributed by atoms with Crippen LogP contribution in [0.25, 0.3) is 0 Å². The van der Waals surface area contributed by atoms with E-state index in [2.05, 4.69) is 4.90 Å². The van der Waals surface area contributed by atoms with Gasteiger partial charge >= 0.3 is 0 Å². The molecule has 0 heterocycles. The van der Waals surface area contributed by atoms with Crippen molar-refractivity contribution in [3.05, 3.63) is 34.6 Å². The van der Waals surface area contributed by atoms with Gasteiger partial charge in [0.25, 0.3) is 0 Å². The minimum absolute atomic E-state index is 0.183. The van der Waals surface area contributed by atoms with Crippen molar-refractivity contribution < 1.29 is 4.39 Å². The van der Waals surface area contributed by atoms with E-state index < -0.39 is 0 Å². The Morgan fingerprint density at radius 3 is 2.67 bits per heavy atom. The highest BCUT2D eigenvalue weighted by molar-refractivity contribution is 6.30. The Morgan fingerprint density at radius 1 is 1.28 bits per heavy atom. The third-order valence-corrected chi connectivity index (χ3v) is 4.00. The third-order valence-electron chi connectivity index (χ3n) is 3.59. The van der Waals surface area contributed by atoms with Crippen molar-refractivity contribution in [2.24, 2.45) is 0 Å². The Hall–Kier alpha value is -0.310. The second kappa shape index (κ2) is 6.74. The highest BCUT2D eigenvalue weighted by atomic mass is 35.5. The summed E-state index contributed by atoms with van der Waals surface area (Å²) in [6.07, 6.45) is 4.92. The average molecular weight is 290 g/mol. The second-order valence-corrected chi connectivity index (χ2v) is 5.65. The molecule has 2 rings (SSSR count). The van der Waals surface area contributed by atoms with E-state index >= 15 is 0 Å². The minimum atomic E-state index is -0.183. The monoisotopic (exact) mass is 289 g/mol. The van der Waals surface area contributed by atoms with Crippen LogP contribution in [0, 0.1) is 5.82 Å². The Bertz CT molecular complexity index is 391. The average Bonchev–Trinajstić information content (AvgIpc) is 2.87. The number of benzene rings is 1. The molecule has 0 atom stereocenters. The van der Waals surface area contributed by atoms with Gasteiger partial charge in [0.2, 0.25) is 0 Å². The largest absolute Gasteiger partial charge is 0.295 e. The predicted molar refractivity (Wildman–Crippen MR) is 74.8 cm³/mol. The van der Waals surface area contributed by atoms with Crippen LogP contribution in [0.3, 0.4) is 0 Å². The van der Waals surface area contributed by atoms with Crippen LogP contribution in [0.5, 0.6) is 0 Å². The number of rotatable bonds is 5. The van der Waals surface area contributed by atoms with Crippen molar-refractivity contribution in [1.29, 1.82) is 0 Å². The SMILES string of the molecule is Fc1ccc(Cl)cc1CN(CCCl)C1CCCC1. The Kier molecular flexibility index (Phi) is 5.28. The van der Waals surface area contributed by atoms with E-state index in [0.29, 0.717) is 29.1 Å². The number of halogens is 3. The Labute approximate surface area is 118 Å². The molecule has 0 unspecified atom stereocenters. The quantitative estimate of drug-likeness (QED) is 0.724. The lowest BCUT2D eigenvalue weighted by atomic mass is 10.1. The minimum Gasteiger partial charge on any atom is -0.295 e. The van der Waals surface area contributed by atoms with Gasteiger partial charge in [0.15, 0.2) is 0 Å². The molecule has 0 N–H and O–H groups in total. The normalized spacial score (nSPS) is 16.7. The van der Waals surface area contributed by atoms with Gasteiger partial charge in [0, 0.05) is 35.6 Å². The van der Waals surface area contributed by atoms with Gasteiger partial charge in [-0.1, -0.05) is 24.4 Å². The van der Waals surface area contributed by atoms with Gasteiger partial charge in [-0.3, -0.25) is 4.90 Å². The van der Waals surface area contributed by atoms with Crippen molar-refractivity contribution >= 4 is 23.2 Å². The molecule has 0 aliphatic heterocycles. The van der Waals surface area contributed by atoms with E-state index in [1.807, 2.05) is 0 Å². The molecule has 1 aliphatic rings. The Balaban J connectivity index is 2.09. The highest BCUT2D eigenvalue weighted by Crippen LogP contribution is 2.26. The van der Waals surface area contributed by atoms with E-state index in [0.717, 1.165) is 6.54 Å². The summed E-state index contributed by atoms with van der Waals surface area (Å²) in [4.78, 5) is 2.29. The lowest BCUT2D eigenvalue weighted by Crippen LogP contribution is -2.34. The van der Waals surface area contributed by atoms with E-state index in [1.165, 1.54) is 31.7 Å². The maximum Gasteiger partial charge on any atom is 0.127 e. The summed E-state index contributed by atoms with van der Waals surface area (Å²) < 4.78 is 13.7. The van der Waals surface area contributed by atoms with Crippen LogP contribution in [-0.2, 0) is 6.54 Å². The summed E-state index contributed by atoms with van der Waals surface area (Å²) in [7, 11) is 0. The first kappa shape index (κ1) is 14.1. The van der Waals surface area contributed by atoms with Crippen LogP contribution >= 0.6 is 23.2 Å². The molecule has 4 heteroatoms. The van der Waals surface area contributed by atoms with E-state index in [9.17, 15) is 4.39 Å². The number of nitrogens with zero attached hydrogens (tertiary/aromatic N) is 1. The van der Waals surface area contributed by atoms with Gasteiger partial charge in [-0.05, 0) is 31.0 Å². The first-order chi connectivity index (χ1) is 8.70. The topological polar surface area (TPSA) is 3.24 Å². The number of hydrogen-bond donors (Lipinski definition) is 0. The van der Waals surface area contributed by atoms with Gasteiger partial charge < -0.3 is 0 Å². The van der Waals surface area contributed by atoms with Crippen LogP contribution in [0.15, 0.2) is 18.2 Å². The first-order valence-electron chi connectivity index (χ1n) is 6.44. The van der Waals surface area contributed by atoms with Crippen molar-refractivity contribution in [3.63, 3.8) is 0 Å². The summed E-state index contributed by atoms with van der Waals surface area (Å²) in [5.74, 6) is 0.399. The van der Waals surface area contributed by atoms with Gasteiger partial charge in [0.1, 0.15) is 5.82 Å². The maximum absolute atomic E-state index is 13.7. The van der Waals surface area contributed by atoms with Gasteiger partial charge in [-0.2, -0.15) is 0 Å². The Morgan fingerprint density at radius 2 is 2.00 bits per heavy atom. The molecular weight excluding hydrogens is 272 g/mol. The van der Waals surface area contributed by atoms with Gasteiger partial charge in [-0.25, -0.2) is 4.39 Å². The van der Waals surface area contributed by atoms with E-state index in [4.69, 9.17) is 23.2 Å². The predicted octanol–water partition coefficient (Wildman–Crippen LogP) is 4.46. The lowest BCUT2D eigenvalue weighted by Gasteiger charge is -2.28. The number of alkyl halides is 1. The summed E-state index contributed by atoms with van der Waals surface area (Å²) in [5, 5.41) is 0.587. The molecule has 0 bridgehead atoms. The fourth-order valence-electron chi connectivity index (χ4n) is 2.65. The second-order valence-electron chi connectivity index (χ2n) is 4.83. The zero-order valence-corrected chi connectivity index (χ0v) is 11.9. The summed E-state index contributed by atoms with van der Waals surface area (Å²) in [5.41, 5.74) is 0.666. The zero-order valence-electron chi connectivity index (χ0n) is 10.3. The summed E-state index contributed by atoms with van der Waals surface area (Å²) in [6.45, 7) is 1.40. The molecule has 1 saturated carbocycles. The molecule has 0 spiro atoms. The number of hydrogen-bond acceptors (Lipinski definition) is 1. The molecule has 0 amide bonds. The molecule has 1 aromatic rings. The smallest absolute Gasteiger partial charge is 0.127 e. The van der Waals surface area contributed by atoms with Crippen molar-refractivity contribution in [2.75, 3.05) is 12.4 Å². The van der Waals surface area contributed by atoms with Crippen molar-refractivity contribution in [1.82, 2.24) is 4.90 Å². The molecule has 1 aliphatic carbocycles. The van der Waals surface area contributed by atoms with Crippen LogP contribution in [-0.4, -0.2) is 23.4 Å². The van der Waals surface area contributed by atoms with E-state index in [-0.39, 0.29) is 5.82 Å². The molecule has 0 aromatic heterocycles. The van der Waals surface area contributed by atoms with Gasteiger partial charge in [0.05, 0.1) is 0 Å². The molecule has 0 radical (unpaired) electrons. The molecule has 1 fully saturated rings. The van der Waals surface area contributed by atoms with Crippen molar-refractivity contribution in [3.8, 4) is 0 Å². The van der Waals surface area contributed by atoms with Crippen LogP contribution in [0.1, 0.15) is 31.2 Å². The summed E-state index contributed by atoms with van der Waals surface area (Å²) in [6, 6.07) is 5.28. The molecule has 1 nitrogen and oxygen atoms in total. The maximum atomic E-state index is 13.7. The van der Waals surface area contributed by atoms with E-state index in [1.54, 1.807) is 12.1 Å². The molecule has 1 aromatic carbocycles. The van der Waals surface area contributed by atoms with Crippen molar-refractivity contribution in [2.45, 2.75) is 38.3 Å². The molecular formula is C14H18Cl2FN. The summed E-state index contributed by atoms with van der Waals surface area (Å²) >= 11 is 11.8. The standard InChI is InChI=1S/C14H18Cl2FN/c15-7-8-18(13-3-1-2-4-13)10-11-9-12(16)5-6-14(11)17/h5-6,9,13H,1-4,7-8,10H2. The fraction of sp³-hybridized carbons (Fsp3) is 0.571. The zero-order chi connectivity index (χ0) is 13.0. The molecule has 100 valence electrons. The van der Waals surface area contributed by atoms with Crippen LogP contribution < -0.4 is 0 Å². The fourth-order valence-corrected chi connectivity index (χ4v) is 3.06. The van der Waals surface area contributed by atoms with Crippen LogP contribution in [0.4, 0.5) is 4.39 Å². The molecule has 0 saturated heterocycles. The third kappa shape index (κ3) is 3.59.